The Labute approximate surface area is 67.2 Å². The van der Waals surface area contributed by atoms with E-state index in [0.29, 0.717) is 0 Å². The zero-order valence-corrected chi connectivity index (χ0v) is 7.34. The predicted molar refractivity (Wildman–Crippen MR) is 44.7 cm³/mol. The van der Waals surface area contributed by atoms with E-state index in [2.05, 4.69) is 0 Å². The van der Waals surface area contributed by atoms with Gasteiger partial charge in [-0.15, -0.1) is 0 Å². The molecule has 1 aliphatic carbocycles. The molecule has 64 valence electrons. The first kappa shape index (κ1) is 8.74. The van der Waals surface area contributed by atoms with Crippen LogP contribution in [0.25, 0.3) is 0 Å². The average Bonchev–Trinajstić information content (AvgIpc) is 2.64. The third-order valence-corrected chi connectivity index (χ3v) is 3.50. The quantitative estimate of drug-likeness (QED) is 0.676. The first-order chi connectivity index (χ1) is 5.02. The molecule has 11 heavy (non-hydrogen) atoms. The first-order valence-electron chi connectivity index (χ1n) is 3.70. The van der Waals surface area contributed by atoms with Gasteiger partial charge in [0.15, 0.2) is 9.84 Å². The second-order valence-electron chi connectivity index (χ2n) is 2.98. The molecule has 0 bridgehead atoms. The molecule has 0 spiro atoms. The van der Waals surface area contributed by atoms with Crippen molar-refractivity contribution in [3.8, 4) is 0 Å². The molecule has 3 nitrogen and oxygen atoms in total. The Morgan fingerprint density at radius 1 is 1.55 bits per heavy atom. The van der Waals surface area contributed by atoms with Gasteiger partial charge in [0.1, 0.15) is 0 Å². The van der Waals surface area contributed by atoms with Crippen LogP contribution in [0.15, 0.2) is 11.5 Å². The van der Waals surface area contributed by atoms with Crippen LogP contribution in [0.4, 0.5) is 0 Å². The van der Waals surface area contributed by atoms with E-state index in [4.69, 9.17) is 5.73 Å². The number of hydrogen-bond acceptors (Lipinski definition) is 3. The van der Waals surface area contributed by atoms with Gasteiger partial charge in [0.05, 0.1) is 5.25 Å². The van der Waals surface area contributed by atoms with E-state index in [1.807, 2.05) is 0 Å². The molecule has 0 radical (unpaired) electrons. The highest BCUT2D eigenvalue weighted by Gasteiger charge is 2.33. The van der Waals surface area contributed by atoms with Gasteiger partial charge in [0.2, 0.25) is 0 Å². The topological polar surface area (TPSA) is 60.2 Å². The molecule has 0 unspecified atom stereocenters. The molecule has 0 aliphatic heterocycles. The summed E-state index contributed by atoms with van der Waals surface area (Å²) in [4.78, 5) is 0. The minimum absolute atomic E-state index is 0.113. The molecule has 0 saturated heterocycles. The van der Waals surface area contributed by atoms with Gasteiger partial charge in [-0.2, -0.15) is 0 Å². The van der Waals surface area contributed by atoms with Crippen LogP contribution in [0.3, 0.4) is 0 Å². The Bertz CT molecular complexity index is 250. The Balaban J connectivity index is 2.59. The molecular formula is C7H13NO2S. The SMILES string of the molecule is C[C@@H](N)/C=C/S(=O)(=O)C1CC1. The summed E-state index contributed by atoms with van der Waals surface area (Å²) in [6.07, 6.45) is 3.14. The average molecular weight is 175 g/mol. The largest absolute Gasteiger partial charge is 0.325 e. The maximum atomic E-state index is 11.2. The minimum atomic E-state index is -2.94. The van der Waals surface area contributed by atoms with Crippen molar-refractivity contribution in [2.75, 3.05) is 0 Å². The molecule has 0 aromatic carbocycles. The van der Waals surface area contributed by atoms with E-state index in [9.17, 15) is 8.42 Å². The van der Waals surface area contributed by atoms with Gasteiger partial charge in [0, 0.05) is 11.4 Å². The molecule has 1 atom stereocenters. The molecule has 0 amide bonds. The first-order valence-corrected chi connectivity index (χ1v) is 5.31. The molecule has 0 heterocycles. The summed E-state index contributed by atoms with van der Waals surface area (Å²) < 4.78 is 22.3. The highest BCUT2D eigenvalue weighted by atomic mass is 32.2. The monoisotopic (exact) mass is 175 g/mol. The number of nitrogens with two attached hydrogens (primary N) is 1. The standard InChI is InChI=1S/C7H13NO2S/c1-6(8)4-5-11(9,10)7-2-3-7/h4-7H,2-3,8H2,1H3/b5-4+/t6-/m1/s1. The van der Waals surface area contributed by atoms with Crippen LogP contribution in [0, 0.1) is 0 Å². The molecule has 1 fully saturated rings. The summed E-state index contributed by atoms with van der Waals surface area (Å²) in [5, 5.41) is 1.13. The van der Waals surface area contributed by atoms with Gasteiger partial charge < -0.3 is 5.73 Å². The number of sulfone groups is 1. The highest BCUT2D eigenvalue weighted by Crippen LogP contribution is 2.29. The van der Waals surface area contributed by atoms with Crippen LogP contribution in [0.2, 0.25) is 0 Å². The van der Waals surface area contributed by atoms with Gasteiger partial charge in [0.25, 0.3) is 0 Å². The molecule has 1 aliphatic rings. The maximum absolute atomic E-state index is 11.2. The van der Waals surface area contributed by atoms with Gasteiger partial charge in [-0.05, 0) is 19.8 Å². The third-order valence-electron chi connectivity index (χ3n) is 1.56. The van der Waals surface area contributed by atoms with Crippen molar-refractivity contribution in [2.24, 2.45) is 5.73 Å². The second-order valence-corrected chi connectivity index (χ2v) is 5.09. The molecule has 0 aromatic heterocycles. The van der Waals surface area contributed by atoms with Crippen LogP contribution in [0.5, 0.6) is 0 Å². The van der Waals surface area contributed by atoms with Gasteiger partial charge >= 0.3 is 0 Å². The lowest BCUT2D eigenvalue weighted by atomic mass is 10.4. The summed E-state index contributed by atoms with van der Waals surface area (Å²) in [6, 6.07) is -0.177. The highest BCUT2D eigenvalue weighted by molar-refractivity contribution is 7.95. The fourth-order valence-electron chi connectivity index (χ4n) is 0.741. The Kier molecular flexibility index (Phi) is 2.34. The van der Waals surface area contributed by atoms with Gasteiger partial charge in [-0.3, -0.25) is 0 Å². The van der Waals surface area contributed by atoms with E-state index in [1.54, 1.807) is 6.92 Å². The smallest absolute Gasteiger partial charge is 0.174 e. The second kappa shape index (κ2) is 2.95. The number of hydrogen-bond donors (Lipinski definition) is 1. The lowest BCUT2D eigenvalue weighted by molar-refractivity contribution is 0.603. The van der Waals surface area contributed by atoms with Crippen LogP contribution in [-0.2, 0) is 9.84 Å². The normalized spacial score (nSPS) is 22.4. The molecule has 1 saturated carbocycles. The molecular weight excluding hydrogens is 162 g/mol. The number of rotatable bonds is 3. The summed E-state index contributed by atoms with van der Waals surface area (Å²) in [5.74, 6) is 0. The molecule has 4 heteroatoms. The van der Waals surface area contributed by atoms with Gasteiger partial charge in [-0.1, -0.05) is 6.08 Å². The van der Waals surface area contributed by atoms with Crippen LogP contribution in [-0.4, -0.2) is 19.7 Å². The molecule has 1 rings (SSSR count). The Morgan fingerprint density at radius 2 is 2.09 bits per heavy atom. The lowest BCUT2D eigenvalue weighted by Gasteiger charge is -1.95. The summed E-state index contributed by atoms with van der Waals surface area (Å²) in [6.45, 7) is 1.75. The lowest BCUT2D eigenvalue weighted by Crippen LogP contribution is -2.12. The zero-order chi connectivity index (χ0) is 8.48. The maximum Gasteiger partial charge on any atom is 0.174 e. The Morgan fingerprint density at radius 3 is 2.45 bits per heavy atom. The van der Waals surface area contributed by atoms with Crippen molar-refractivity contribution < 1.29 is 8.42 Å². The fraction of sp³-hybridized carbons (Fsp3) is 0.714. The van der Waals surface area contributed by atoms with E-state index in [1.165, 1.54) is 11.5 Å². The van der Waals surface area contributed by atoms with E-state index in [0.717, 1.165) is 12.8 Å². The fourth-order valence-corrected chi connectivity index (χ4v) is 2.22. The summed E-state index contributed by atoms with van der Waals surface area (Å²) >= 11 is 0. The van der Waals surface area contributed by atoms with E-state index in [-0.39, 0.29) is 11.3 Å². The molecule has 0 aromatic rings. The van der Waals surface area contributed by atoms with Crippen molar-refractivity contribution in [1.29, 1.82) is 0 Å². The van der Waals surface area contributed by atoms with Crippen LogP contribution < -0.4 is 5.73 Å². The zero-order valence-electron chi connectivity index (χ0n) is 6.53. The van der Waals surface area contributed by atoms with Gasteiger partial charge in [-0.25, -0.2) is 8.42 Å². The van der Waals surface area contributed by atoms with Crippen molar-refractivity contribution >= 4 is 9.84 Å². The third kappa shape index (κ3) is 2.63. The molecule has 2 N–H and O–H groups in total. The summed E-state index contributed by atoms with van der Waals surface area (Å²) in [7, 11) is -2.94. The van der Waals surface area contributed by atoms with Crippen LogP contribution >= 0.6 is 0 Å². The Hall–Kier alpha value is -0.350. The van der Waals surface area contributed by atoms with Crippen molar-refractivity contribution in [2.45, 2.75) is 31.1 Å². The van der Waals surface area contributed by atoms with Crippen LogP contribution in [0.1, 0.15) is 19.8 Å². The van der Waals surface area contributed by atoms with Crippen molar-refractivity contribution in [3.63, 3.8) is 0 Å². The van der Waals surface area contributed by atoms with E-state index < -0.39 is 9.84 Å². The summed E-state index contributed by atoms with van der Waals surface area (Å²) in [5.41, 5.74) is 5.37. The van der Waals surface area contributed by atoms with Crippen molar-refractivity contribution in [3.05, 3.63) is 11.5 Å². The predicted octanol–water partition coefficient (Wildman–Crippen LogP) is 0.425. The van der Waals surface area contributed by atoms with Crippen molar-refractivity contribution in [1.82, 2.24) is 0 Å². The van der Waals surface area contributed by atoms with E-state index >= 15 is 0 Å². The minimum Gasteiger partial charge on any atom is -0.325 e.